The topological polar surface area (TPSA) is 66.3 Å². The molecule has 0 unspecified atom stereocenters. The molecule has 0 atom stereocenters. The van der Waals surface area contributed by atoms with Crippen molar-refractivity contribution in [1.29, 1.82) is 0 Å². The van der Waals surface area contributed by atoms with Crippen molar-refractivity contribution >= 4 is 22.4 Å². The maximum absolute atomic E-state index is 9.56. The van der Waals surface area contributed by atoms with E-state index in [1.165, 1.54) is 0 Å². The lowest BCUT2D eigenvalue weighted by Crippen LogP contribution is -2.06. The minimum atomic E-state index is -0.611. The SMILES string of the molecule is CC(C)(C)CCO.C[S+](C)[O-].C[S+](C)[O-]. The van der Waals surface area contributed by atoms with Gasteiger partial charge in [0.1, 0.15) is 0 Å². The van der Waals surface area contributed by atoms with Crippen molar-refractivity contribution in [3.8, 4) is 0 Å². The van der Waals surface area contributed by atoms with Crippen molar-refractivity contribution in [2.45, 2.75) is 27.2 Å². The van der Waals surface area contributed by atoms with E-state index in [4.69, 9.17) is 5.11 Å². The largest absolute Gasteiger partial charge is 0.617 e. The first-order valence-electron chi connectivity index (χ1n) is 4.64. The molecule has 0 radical (unpaired) electrons. The van der Waals surface area contributed by atoms with Gasteiger partial charge in [0.15, 0.2) is 0 Å². The first kappa shape index (κ1) is 20.9. The Kier molecular flexibility index (Phi) is 17.6. The number of aliphatic hydroxyl groups is 1. The Morgan fingerprint density at radius 3 is 1.13 bits per heavy atom. The van der Waals surface area contributed by atoms with Crippen LogP contribution in [0, 0.1) is 5.41 Å². The summed E-state index contributed by atoms with van der Waals surface area (Å²) in [6.07, 6.45) is 7.45. The maximum atomic E-state index is 9.56. The average molecular weight is 258 g/mol. The molecule has 0 aromatic carbocycles. The molecule has 0 fully saturated rings. The molecular weight excluding hydrogens is 232 g/mol. The van der Waals surface area contributed by atoms with E-state index in [1.807, 2.05) is 0 Å². The zero-order chi connectivity index (χ0) is 13.1. The van der Waals surface area contributed by atoms with Gasteiger partial charge in [0.2, 0.25) is 0 Å². The first-order chi connectivity index (χ1) is 6.52. The monoisotopic (exact) mass is 258 g/mol. The molecule has 0 heterocycles. The third kappa shape index (κ3) is 110. The van der Waals surface area contributed by atoms with Gasteiger partial charge in [-0.2, -0.15) is 0 Å². The lowest BCUT2D eigenvalue weighted by Gasteiger charge is -2.14. The molecule has 0 saturated carbocycles. The summed E-state index contributed by atoms with van der Waals surface area (Å²) in [4.78, 5) is 0. The lowest BCUT2D eigenvalue weighted by molar-refractivity contribution is 0.225. The molecule has 0 aromatic heterocycles. The Hall–Kier alpha value is 0.580. The van der Waals surface area contributed by atoms with Gasteiger partial charge in [0.05, 0.1) is 25.0 Å². The van der Waals surface area contributed by atoms with Crippen molar-refractivity contribution in [1.82, 2.24) is 0 Å². The first-order valence-corrected chi connectivity index (χ1v) is 8.57. The minimum absolute atomic E-state index is 0.300. The zero-order valence-electron chi connectivity index (χ0n) is 11.0. The van der Waals surface area contributed by atoms with E-state index in [-0.39, 0.29) is 0 Å². The molecule has 0 aliphatic heterocycles. The summed E-state index contributed by atoms with van der Waals surface area (Å²) in [5.74, 6) is 0. The van der Waals surface area contributed by atoms with E-state index in [2.05, 4.69) is 20.8 Å². The quantitative estimate of drug-likeness (QED) is 0.723. The second-order valence-corrected chi connectivity index (χ2v) is 7.48. The highest BCUT2D eigenvalue weighted by Gasteiger charge is 2.06. The second kappa shape index (κ2) is 12.6. The summed E-state index contributed by atoms with van der Waals surface area (Å²) in [5.41, 5.74) is 0.300. The molecule has 0 aliphatic rings. The van der Waals surface area contributed by atoms with E-state index in [0.29, 0.717) is 12.0 Å². The van der Waals surface area contributed by atoms with Crippen LogP contribution in [0.4, 0.5) is 0 Å². The average Bonchev–Trinajstić information content (AvgIpc) is 1.79. The van der Waals surface area contributed by atoms with Gasteiger partial charge in [-0.3, -0.25) is 0 Å². The number of hydrogen-bond acceptors (Lipinski definition) is 3. The fraction of sp³-hybridized carbons (Fsp3) is 1.00. The van der Waals surface area contributed by atoms with Crippen LogP contribution in [0.2, 0.25) is 0 Å². The third-order valence-corrected chi connectivity index (χ3v) is 0.862. The van der Waals surface area contributed by atoms with Crippen LogP contribution in [-0.4, -0.2) is 45.8 Å². The van der Waals surface area contributed by atoms with E-state index in [0.717, 1.165) is 6.42 Å². The molecule has 0 aromatic rings. The molecular formula is C10H26O3S2. The van der Waals surface area contributed by atoms with Gasteiger partial charge < -0.3 is 14.2 Å². The predicted molar refractivity (Wildman–Crippen MR) is 71.1 cm³/mol. The van der Waals surface area contributed by atoms with Gasteiger partial charge in [-0.15, -0.1) is 0 Å². The van der Waals surface area contributed by atoms with Crippen LogP contribution in [0.1, 0.15) is 27.2 Å². The van der Waals surface area contributed by atoms with E-state index in [1.54, 1.807) is 25.0 Å². The Morgan fingerprint density at radius 1 is 0.933 bits per heavy atom. The fourth-order valence-electron chi connectivity index (χ4n) is 0.335. The standard InChI is InChI=1S/C6H14O.2C2H6OS/c1-6(2,3)4-5-7;2*1-4(2)3/h7H,4-5H2,1-3H3;2*1-2H3. The van der Waals surface area contributed by atoms with Gasteiger partial charge in [0.25, 0.3) is 0 Å². The smallest absolute Gasteiger partial charge is 0.0946 e. The summed E-state index contributed by atoms with van der Waals surface area (Å²) in [5, 5.41) is 8.40. The summed E-state index contributed by atoms with van der Waals surface area (Å²) in [7, 11) is 0. The van der Waals surface area contributed by atoms with E-state index < -0.39 is 22.4 Å². The predicted octanol–water partition coefficient (Wildman–Crippen LogP) is 1.40. The number of hydrogen-bond donors (Lipinski definition) is 1. The van der Waals surface area contributed by atoms with Crippen molar-refractivity contribution in [3.05, 3.63) is 0 Å². The van der Waals surface area contributed by atoms with Gasteiger partial charge in [-0.25, -0.2) is 0 Å². The van der Waals surface area contributed by atoms with Crippen molar-refractivity contribution in [2.24, 2.45) is 5.41 Å². The van der Waals surface area contributed by atoms with Crippen molar-refractivity contribution in [3.63, 3.8) is 0 Å². The molecule has 0 aliphatic carbocycles. The van der Waals surface area contributed by atoms with Crippen LogP contribution in [0.5, 0.6) is 0 Å². The molecule has 0 bridgehead atoms. The van der Waals surface area contributed by atoms with Crippen LogP contribution in [0.3, 0.4) is 0 Å². The molecule has 96 valence electrons. The maximum Gasteiger partial charge on any atom is 0.0946 e. The van der Waals surface area contributed by atoms with E-state index in [9.17, 15) is 9.11 Å². The Bertz CT molecular complexity index is 100. The Morgan fingerprint density at radius 2 is 1.13 bits per heavy atom. The van der Waals surface area contributed by atoms with E-state index >= 15 is 0 Å². The van der Waals surface area contributed by atoms with Gasteiger partial charge in [-0.1, -0.05) is 43.1 Å². The highest BCUT2D eigenvalue weighted by molar-refractivity contribution is 7.90. The molecule has 0 rings (SSSR count). The Labute approximate surface area is 101 Å². The van der Waals surface area contributed by atoms with Crippen LogP contribution in [-0.2, 0) is 22.4 Å². The molecule has 0 spiro atoms. The second-order valence-electron chi connectivity index (χ2n) is 4.52. The molecule has 0 saturated heterocycles. The fourth-order valence-corrected chi connectivity index (χ4v) is 0.335. The van der Waals surface area contributed by atoms with Gasteiger partial charge >= 0.3 is 0 Å². The normalized spacial score (nSPS) is 10.4. The van der Waals surface area contributed by atoms with Crippen molar-refractivity contribution < 1.29 is 14.2 Å². The summed E-state index contributed by atoms with van der Waals surface area (Å²) in [6.45, 7) is 6.65. The van der Waals surface area contributed by atoms with Crippen LogP contribution in [0.25, 0.3) is 0 Å². The summed E-state index contributed by atoms with van der Waals surface area (Å²) < 4.78 is 19.1. The minimum Gasteiger partial charge on any atom is -0.617 e. The van der Waals surface area contributed by atoms with Crippen LogP contribution < -0.4 is 0 Å². The highest BCUT2D eigenvalue weighted by Crippen LogP contribution is 2.16. The number of rotatable bonds is 1. The molecule has 5 heteroatoms. The zero-order valence-corrected chi connectivity index (χ0v) is 12.6. The van der Waals surface area contributed by atoms with Gasteiger partial charge in [-0.05, 0) is 11.8 Å². The van der Waals surface area contributed by atoms with Crippen LogP contribution in [0.15, 0.2) is 0 Å². The molecule has 1 N–H and O–H groups in total. The summed E-state index contributed by atoms with van der Waals surface area (Å²) >= 11 is -1.22. The highest BCUT2D eigenvalue weighted by atomic mass is 32.2. The molecule has 15 heavy (non-hydrogen) atoms. The molecule has 0 amide bonds. The number of aliphatic hydroxyl groups excluding tert-OH is 1. The van der Waals surface area contributed by atoms with Gasteiger partial charge in [0, 0.05) is 6.61 Å². The summed E-state index contributed by atoms with van der Waals surface area (Å²) in [6, 6.07) is 0. The van der Waals surface area contributed by atoms with Crippen LogP contribution >= 0.6 is 0 Å². The third-order valence-electron chi connectivity index (χ3n) is 0.862. The lowest BCUT2D eigenvalue weighted by atomic mass is 9.93. The Balaban J connectivity index is -0.000000155. The van der Waals surface area contributed by atoms with Crippen molar-refractivity contribution in [2.75, 3.05) is 31.6 Å². The molecule has 3 nitrogen and oxygen atoms in total.